The van der Waals surface area contributed by atoms with Gasteiger partial charge < -0.3 is 20.5 Å². The zero-order valence-electron chi connectivity index (χ0n) is 14.6. The van der Waals surface area contributed by atoms with Crippen molar-refractivity contribution in [3.05, 3.63) is 24.3 Å². The summed E-state index contributed by atoms with van der Waals surface area (Å²) in [5, 5.41) is 2.98. The maximum atomic E-state index is 12.7. The third-order valence-electron chi connectivity index (χ3n) is 5.47. The van der Waals surface area contributed by atoms with Gasteiger partial charge in [0, 0.05) is 23.7 Å². The molecule has 25 heavy (non-hydrogen) atoms. The molecule has 0 spiro atoms. The Morgan fingerprint density at radius 1 is 1.24 bits per heavy atom. The first kappa shape index (κ1) is 17.7. The number of anilines is 1. The van der Waals surface area contributed by atoms with E-state index < -0.39 is 5.97 Å². The fraction of sp³-hybridized carbons (Fsp3) is 0.579. The number of hydrogen-bond donors (Lipinski definition) is 2. The van der Waals surface area contributed by atoms with Crippen LogP contribution in [0.2, 0.25) is 0 Å². The van der Waals surface area contributed by atoms with Crippen molar-refractivity contribution in [3.63, 3.8) is 0 Å². The number of rotatable bonds is 5. The Labute approximate surface area is 148 Å². The zero-order chi connectivity index (χ0) is 17.8. The Kier molecular flexibility index (Phi) is 5.58. The molecule has 136 valence electrons. The molecule has 1 aromatic carbocycles. The monoisotopic (exact) mass is 346 g/mol. The smallest absolute Gasteiger partial charge is 0.343 e. The molecule has 2 bridgehead atoms. The molecular formula is C19H26N2O4. The summed E-state index contributed by atoms with van der Waals surface area (Å²) in [6.45, 7) is -0.155. The van der Waals surface area contributed by atoms with Gasteiger partial charge in [-0.2, -0.15) is 0 Å². The number of ether oxygens (including phenoxy) is 2. The largest absolute Gasteiger partial charge is 0.482 e. The first-order chi connectivity index (χ1) is 12.1. The lowest BCUT2D eigenvalue weighted by molar-refractivity contribution is -0.142. The Bertz CT molecular complexity index is 620. The van der Waals surface area contributed by atoms with E-state index in [4.69, 9.17) is 10.5 Å². The molecule has 0 radical (unpaired) electrons. The minimum absolute atomic E-state index is 0.0229. The average molecular weight is 346 g/mol. The summed E-state index contributed by atoms with van der Waals surface area (Å²) in [4.78, 5) is 23.8. The summed E-state index contributed by atoms with van der Waals surface area (Å²) >= 11 is 0. The Hall–Kier alpha value is -2.08. The lowest BCUT2D eigenvalue weighted by atomic mass is 9.65. The molecular weight excluding hydrogens is 320 g/mol. The molecule has 1 amide bonds. The van der Waals surface area contributed by atoms with E-state index in [2.05, 4.69) is 10.1 Å². The van der Waals surface area contributed by atoms with Crippen LogP contribution in [-0.4, -0.2) is 31.6 Å². The second-order valence-electron chi connectivity index (χ2n) is 7.08. The maximum absolute atomic E-state index is 12.7. The van der Waals surface area contributed by atoms with Crippen LogP contribution in [0.5, 0.6) is 5.75 Å². The van der Waals surface area contributed by atoms with Crippen molar-refractivity contribution >= 4 is 17.6 Å². The number of fused-ring (bicyclic) bond motifs is 2. The molecule has 2 aliphatic carbocycles. The van der Waals surface area contributed by atoms with E-state index in [1.165, 1.54) is 13.5 Å². The Morgan fingerprint density at radius 2 is 1.96 bits per heavy atom. The van der Waals surface area contributed by atoms with Crippen molar-refractivity contribution in [3.8, 4) is 5.75 Å². The molecule has 3 rings (SSSR count). The standard InChI is InChI=1S/C19H26N2O4/c1-24-17(22)11-25-16-7-3-6-15(10-16)21-19(23)14-8-12-4-2-5-13(9-14)18(12)20/h3,6-7,10,12-14,18H,2,4-5,8-9,11,20H2,1H3,(H,21,23). The average Bonchev–Trinajstić information content (AvgIpc) is 2.59. The molecule has 2 fully saturated rings. The molecule has 6 heteroatoms. The van der Waals surface area contributed by atoms with Crippen LogP contribution in [0.1, 0.15) is 32.1 Å². The van der Waals surface area contributed by atoms with Gasteiger partial charge in [-0.3, -0.25) is 4.79 Å². The molecule has 6 nitrogen and oxygen atoms in total. The molecule has 0 aliphatic heterocycles. The number of carbonyl (C=O) groups excluding carboxylic acids is 2. The number of carbonyl (C=O) groups is 2. The van der Waals surface area contributed by atoms with Crippen LogP contribution in [0, 0.1) is 17.8 Å². The molecule has 2 aliphatic rings. The fourth-order valence-corrected chi connectivity index (χ4v) is 4.11. The highest BCUT2D eigenvalue weighted by Gasteiger charge is 2.40. The predicted molar refractivity (Wildman–Crippen MR) is 94.1 cm³/mol. The predicted octanol–water partition coefficient (Wildman–Crippen LogP) is 2.33. The van der Waals surface area contributed by atoms with Gasteiger partial charge in [0.1, 0.15) is 5.75 Å². The third kappa shape index (κ3) is 4.31. The van der Waals surface area contributed by atoms with E-state index in [1.54, 1.807) is 18.2 Å². The van der Waals surface area contributed by atoms with Gasteiger partial charge >= 0.3 is 5.97 Å². The maximum Gasteiger partial charge on any atom is 0.343 e. The van der Waals surface area contributed by atoms with Gasteiger partial charge in [0.05, 0.1) is 7.11 Å². The summed E-state index contributed by atoms with van der Waals surface area (Å²) in [7, 11) is 1.31. The van der Waals surface area contributed by atoms with Crippen LogP contribution in [0.3, 0.4) is 0 Å². The van der Waals surface area contributed by atoms with Crippen LogP contribution in [0.25, 0.3) is 0 Å². The first-order valence-corrected chi connectivity index (χ1v) is 8.93. The van der Waals surface area contributed by atoms with Gasteiger partial charge in [-0.1, -0.05) is 12.5 Å². The van der Waals surface area contributed by atoms with E-state index in [9.17, 15) is 9.59 Å². The van der Waals surface area contributed by atoms with Gasteiger partial charge in [0.25, 0.3) is 0 Å². The number of hydrogen-bond acceptors (Lipinski definition) is 5. The minimum Gasteiger partial charge on any atom is -0.482 e. The number of nitrogens with one attached hydrogen (secondary N) is 1. The summed E-state index contributed by atoms with van der Waals surface area (Å²) in [5.74, 6) is 1.09. The summed E-state index contributed by atoms with van der Waals surface area (Å²) in [6.07, 6.45) is 5.26. The summed E-state index contributed by atoms with van der Waals surface area (Å²) in [5.41, 5.74) is 6.98. The topological polar surface area (TPSA) is 90.6 Å². The molecule has 2 atom stereocenters. The number of benzene rings is 1. The number of methoxy groups -OCH3 is 1. The normalized spacial score (nSPS) is 28.1. The lowest BCUT2D eigenvalue weighted by Gasteiger charge is -2.43. The van der Waals surface area contributed by atoms with Crippen LogP contribution in [0.4, 0.5) is 5.69 Å². The third-order valence-corrected chi connectivity index (χ3v) is 5.47. The fourth-order valence-electron chi connectivity index (χ4n) is 4.11. The molecule has 2 saturated carbocycles. The van der Waals surface area contributed by atoms with Crippen molar-refractivity contribution in [2.24, 2.45) is 23.5 Å². The van der Waals surface area contributed by atoms with Gasteiger partial charge in [-0.05, 0) is 49.7 Å². The van der Waals surface area contributed by atoms with Gasteiger partial charge in [0.2, 0.25) is 5.91 Å². The first-order valence-electron chi connectivity index (χ1n) is 8.93. The highest BCUT2D eigenvalue weighted by molar-refractivity contribution is 5.92. The van der Waals surface area contributed by atoms with Crippen LogP contribution in [0.15, 0.2) is 24.3 Å². The van der Waals surface area contributed by atoms with E-state index in [1.807, 2.05) is 6.07 Å². The van der Waals surface area contributed by atoms with Crippen LogP contribution < -0.4 is 15.8 Å². The summed E-state index contributed by atoms with van der Waals surface area (Å²) < 4.78 is 9.91. The van der Waals surface area contributed by atoms with Crippen molar-refractivity contribution in [1.82, 2.24) is 0 Å². The molecule has 1 aromatic rings. The Balaban J connectivity index is 1.58. The summed E-state index contributed by atoms with van der Waals surface area (Å²) in [6, 6.07) is 7.32. The number of esters is 1. The van der Waals surface area contributed by atoms with Gasteiger partial charge in [-0.25, -0.2) is 4.79 Å². The molecule has 0 saturated heterocycles. The van der Waals surface area contributed by atoms with Gasteiger partial charge in [-0.15, -0.1) is 0 Å². The van der Waals surface area contributed by atoms with Crippen LogP contribution >= 0.6 is 0 Å². The SMILES string of the molecule is COC(=O)COc1cccc(NC(=O)C2CC3CCCC(C2)C3N)c1. The van der Waals surface area contributed by atoms with Crippen LogP contribution in [-0.2, 0) is 14.3 Å². The van der Waals surface area contributed by atoms with E-state index in [-0.39, 0.29) is 24.5 Å². The van der Waals surface area contributed by atoms with Crippen molar-refractivity contribution in [2.75, 3.05) is 19.0 Å². The Morgan fingerprint density at radius 3 is 2.64 bits per heavy atom. The van der Waals surface area contributed by atoms with E-state index in [0.29, 0.717) is 23.3 Å². The second kappa shape index (κ2) is 7.87. The highest BCUT2D eigenvalue weighted by Crippen LogP contribution is 2.42. The van der Waals surface area contributed by atoms with E-state index in [0.717, 1.165) is 25.7 Å². The van der Waals surface area contributed by atoms with Gasteiger partial charge in [0.15, 0.2) is 6.61 Å². The zero-order valence-corrected chi connectivity index (χ0v) is 14.6. The van der Waals surface area contributed by atoms with Crippen molar-refractivity contribution in [2.45, 2.75) is 38.1 Å². The molecule has 0 heterocycles. The number of nitrogens with two attached hydrogens (primary N) is 1. The second-order valence-corrected chi connectivity index (χ2v) is 7.08. The molecule has 2 unspecified atom stereocenters. The van der Waals surface area contributed by atoms with E-state index >= 15 is 0 Å². The lowest BCUT2D eigenvalue weighted by Crippen LogP contribution is -2.48. The highest BCUT2D eigenvalue weighted by atomic mass is 16.6. The quantitative estimate of drug-likeness (QED) is 0.799. The molecule has 3 N–H and O–H groups in total. The molecule has 0 aromatic heterocycles. The number of amides is 1. The van der Waals surface area contributed by atoms with Crippen molar-refractivity contribution in [1.29, 1.82) is 0 Å². The van der Waals surface area contributed by atoms with Crippen molar-refractivity contribution < 1.29 is 19.1 Å². The minimum atomic E-state index is -0.445.